The molecule has 0 aliphatic heterocycles. The summed E-state index contributed by atoms with van der Waals surface area (Å²) in [6.45, 7) is 6.53. The third-order valence-corrected chi connectivity index (χ3v) is 15.1. The van der Waals surface area contributed by atoms with E-state index in [2.05, 4.69) is 118 Å². The van der Waals surface area contributed by atoms with Crippen molar-refractivity contribution in [2.45, 2.75) is 348 Å². The van der Waals surface area contributed by atoms with Crippen molar-refractivity contribution in [1.82, 2.24) is 0 Å². The summed E-state index contributed by atoms with van der Waals surface area (Å²) in [5.74, 6) is -0.870. The maximum atomic E-state index is 12.9. The Balaban J connectivity index is 4.17. The molecule has 1 atom stereocenters. The predicted molar refractivity (Wildman–Crippen MR) is 353 cm³/mol. The standard InChI is InChI=1S/C75H130O6/c1-4-7-10-13-16-19-21-23-25-27-29-31-33-35-36-37-38-40-41-43-45-47-49-51-53-56-59-62-65-68-74(77)80-71-72(70-79-73(76)67-64-61-58-55-18-15-12-9-6-3)81-75(78)69-66-63-60-57-54-52-50-48-46-44-42-39-34-32-30-28-26-24-22-20-17-14-11-8-5-2/h7,10,16,19,22-25,28-31,34-36,39,72H,4-6,8-9,11-15,17-18,20-21,26-27,32-33,37-38,40-71H2,1-3H3/b10-7-,19-16-,24-22-,25-23-,30-28-,31-29-,36-35-,39-34-. The van der Waals surface area contributed by atoms with Crippen molar-refractivity contribution >= 4 is 17.9 Å². The number of hydrogen-bond acceptors (Lipinski definition) is 6. The molecule has 0 rings (SSSR count). The highest BCUT2D eigenvalue weighted by molar-refractivity contribution is 5.71. The normalized spacial score (nSPS) is 12.7. The quantitative estimate of drug-likeness (QED) is 0.0261. The Kier molecular flexibility index (Phi) is 65.7. The van der Waals surface area contributed by atoms with Gasteiger partial charge in [0.25, 0.3) is 0 Å². The molecule has 0 N–H and O–H groups in total. The van der Waals surface area contributed by atoms with Gasteiger partial charge in [0.2, 0.25) is 0 Å². The van der Waals surface area contributed by atoms with Crippen molar-refractivity contribution in [3.05, 3.63) is 97.2 Å². The molecule has 0 saturated carbocycles. The molecule has 0 aromatic rings. The van der Waals surface area contributed by atoms with Crippen molar-refractivity contribution in [1.29, 1.82) is 0 Å². The lowest BCUT2D eigenvalue weighted by atomic mass is 10.0. The van der Waals surface area contributed by atoms with Gasteiger partial charge in [-0.05, 0) is 103 Å². The second kappa shape index (κ2) is 68.8. The van der Waals surface area contributed by atoms with E-state index < -0.39 is 6.10 Å². The van der Waals surface area contributed by atoms with Crippen molar-refractivity contribution in [2.75, 3.05) is 13.2 Å². The van der Waals surface area contributed by atoms with Crippen molar-refractivity contribution in [3.8, 4) is 0 Å². The maximum Gasteiger partial charge on any atom is 0.306 e. The van der Waals surface area contributed by atoms with Crippen LogP contribution in [0.1, 0.15) is 342 Å². The van der Waals surface area contributed by atoms with E-state index in [1.165, 1.54) is 199 Å². The largest absolute Gasteiger partial charge is 0.462 e. The number of allylic oxidation sites excluding steroid dienone is 16. The average molecular weight is 1130 g/mol. The molecule has 0 amide bonds. The molecule has 0 heterocycles. The molecule has 0 saturated heterocycles. The molecule has 6 nitrogen and oxygen atoms in total. The van der Waals surface area contributed by atoms with Gasteiger partial charge >= 0.3 is 17.9 Å². The lowest BCUT2D eigenvalue weighted by Crippen LogP contribution is -2.30. The van der Waals surface area contributed by atoms with Gasteiger partial charge in [0.05, 0.1) is 0 Å². The number of esters is 3. The Morgan fingerprint density at radius 1 is 0.259 bits per heavy atom. The highest BCUT2D eigenvalue weighted by Crippen LogP contribution is 2.17. The van der Waals surface area contributed by atoms with Gasteiger partial charge in [0.1, 0.15) is 13.2 Å². The fourth-order valence-corrected chi connectivity index (χ4v) is 9.89. The van der Waals surface area contributed by atoms with Gasteiger partial charge in [-0.3, -0.25) is 14.4 Å². The first kappa shape index (κ1) is 77.3. The minimum Gasteiger partial charge on any atom is -0.462 e. The molecular formula is C75H130O6. The topological polar surface area (TPSA) is 78.9 Å². The van der Waals surface area contributed by atoms with E-state index in [-0.39, 0.29) is 31.1 Å². The van der Waals surface area contributed by atoms with E-state index in [0.717, 1.165) is 103 Å². The molecular weight excluding hydrogens is 997 g/mol. The van der Waals surface area contributed by atoms with Crippen molar-refractivity contribution in [2.24, 2.45) is 0 Å². The molecule has 0 fully saturated rings. The molecule has 0 radical (unpaired) electrons. The minimum absolute atomic E-state index is 0.0757. The van der Waals surface area contributed by atoms with E-state index in [4.69, 9.17) is 14.2 Å². The molecule has 0 aliphatic carbocycles. The van der Waals surface area contributed by atoms with Gasteiger partial charge in [-0.15, -0.1) is 0 Å². The fourth-order valence-electron chi connectivity index (χ4n) is 9.89. The third kappa shape index (κ3) is 67.0. The summed E-state index contributed by atoms with van der Waals surface area (Å²) < 4.78 is 16.9. The molecule has 1 unspecified atom stereocenters. The summed E-state index contributed by atoms with van der Waals surface area (Å²) in [5, 5.41) is 0. The first-order valence-corrected chi connectivity index (χ1v) is 34.7. The van der Waals surface area contributed by atoms with E-state index in [9.17, 15) is 14.4 Å². The van der Waals surface area contributed by atoms with Gasteiger partial charge in [-0.1, -0.05) is 317 Å². The van der Waals surface area contributed by atoms with Crippen LogP contribution in [0, 0.1) is 0 Å². The molecule has 0 spiro atoms. The zero-order valence-electron chi connectivity index (χ0n) is 53.5. The Hall–Kier alpha value is -3.67. The second-order valence-corrected chi connectivity index (χ2v) is 23.1. The Morgan fingerprint density at radius 2 is 0.481 bits per heavy atom. The lowest BCUT2D eigenvalue weighted by Gasteiger charge is -2.18. The van der Waals surface area contributed by atoms with E-state index >= 15 is 0 Å². The third-order valence-electron chi connectivity index (χ3n) is 15.1. The summed E-state index contributed by atoms with van der Waals surface area (Å²) >= 11 is 0. The van der Waals surface area contributed by atoms with Crippen LogP contribution < -0.4 is 0 Å². The zero-order chi connectivity index (χ0) is 58.5. The van der Waals surface area contributed by atoms with E-state index in [1.54, 1.807) is 0 Å². The zero-order valence-corrected chi connectivity index (χ0v) is 53.5. The summed E-state index contributed by atoms with van der Waals surface area (Å²) in [5.41, 5.74) is 0. The molecule has 81 heavy (non-hydrogen) atoms. The monoisotopic (exact) mass is 1130 g/mol. The predicted octanol–water partition coefficient (Wildman–Crippen LogP) is 24.0. The van der Waals surface area contributed by atoms with Crippen LogP contribution in [0.5, 0.6) is 0 Å². The molecule has 0 aromatic heterocycles. The summed E-state index contributed by atoms with van der Waals surface area (Å²) in [6.07, 6.45) is 93.0. The SMILES string of the molecule is CC/C=C\C/C=C\C/C=C\C/C=C\C/C=C\CCCCCCCCCCCCCCCC(=O)OCC(COC(=O)CCCCCCCCCCC)OC(=O)CCCCCCCCCCCC/C=C\C/C=C\C/C=C\CCCCCCC. The van der Waals surface area contributed by atoms with Crippen LogP contribution >= 0.6 is 0 Å². The summed E-state index contributed by atoms with van der Waals surface area (Å²) in [7, 11) is 0. The van der Waals surface area contributed by atoms with Crippen LogP contribution in [0.4, 0.5) is 0 Å². The highest BCUT2D eigenvalue weighted by atomic mass is 16.6. The minimum atomic E-state index is -0.779. The smallest absolute Gasteiger partial charge is 0.306 e. The van der Waals surface area contributed by atoms with Gasteiger partial charge in [0.15, 0.2) is 6.10 Å². The fraction of sp³-hybridized carbons (Fsp3) is 0.747. The molecule has 0 aromatic carbocycles. The van der Waals surface area contributed by atoms with Crippen molar-refractivity contribution < 1.29 is 28.6 Å². The van der Waals surface area contributed by atoms with Gasteiger partial charge in [-0.25, -0.2) is 0 Å². The number of ether oxygens (including phenoxy) is 3. The lowest BCUT2D eigenvalue weighted by molar-refractivity contribution is -0.167. The van der Waals surface area contributed by atoms with Crippen LogP contribution in [0.25, 0.3) is 0 Å². The van der Waals surface area contributed by atoms with Gasteiger partial charge in [0, 0.05) is 19.3 Å². The molecule has 466 valence electrons. The number of carbonyl (C=O) groups is 3. The van der Waals surface area contributed by atoms with Crippen molar-refractivity contribution in [3.63, 3.8) is 0 Å². The van der Waals surface area contributed by atoms with Gasteiger partial charge in [-0.2, -0.15) is 0 Å². The summed E-state index contributed by atoms with van der Waals surface area (Å²) in [6, 6.07) is 0. The molecule has 6 heteroatoms. The number of carbonyl (C=O) groups excluding carboxylic acids is 3. The second-order valence-electron chi connectivity index (χ2n) is 23.1. The number of rotatable bonds is 63. The molecule has 0 bridgehead atoms. The van der Waals surface area contributed by atoms with E-state index in [0.29, 0.717) is 19.3 Å². The average Bonchev–Trinajstić information content (AvgIpc) is 3.47. The van der Waals surface area contributed by atoms with Crippen LogP contribution in [-0.2, 0) is 28.6 Å². The Morgan fingerprint density at radius 3 is 0.753 bits per heavy atom. The molecule has 0 aliphatic rings. The summed E-state index contributed by atoms with van der Waals surface area (Å²) in [4.78, 5) is 38.3. The number of hydrogen-bond donors (Lipinski definition) is 0. The van der Waals surface area contributed by atoms with Crippen LogP contribution in [0.3, 0.4) is 0 Å². The Bertz CT molecular complexity index is 1580. The van der Waals surface area contributed by atoms with Crippen LogP contribution in [-0.4, -0.2) is 37.2 Å². The van der Waals surface area contributed by atoms with Gasteiger partial charge < -0.3 is 14.2 Å². The van der Waals surface area contributed by atoms with Crippen LogP contribution in [0.2, 0.25) is 0 Å². The highest BCUT2D eigenvalue weighted by Gasteiger charge is 2.19. The first-order valence-electron chi connectivity index (χ1n) is 34.7. The number of unbranched alkanes of at least 4 members (excludes halogenated alkanes) is 36. The Labute approximate surface area is 502 Å². The van der Waals surface area contributed by atoms with Crippen LogP contribution in [0.15, 0.2) is 97.2 Å². The van der Waals surface area contributed by atoms with E-state index in [1.807, 2.05) is 0 Å². The maximum absolute atomic E-state index is 12.9. The first-order chi connectivity index (χ1) is 40.0.